The molecule has 0 aromatic carbocycles. The molecule has 0 aliphatic carbocycles. The summed E-state index contributed by atoms with van der Waals surface area (Å²) in [5.74, 6) is 0.0474. The standard InChI is InChI=1S/C7H15NO3S/c1-2-3-4-5-6-12(10,11)8-7-9/h7H,2-6H2,1H3,(H,8,9). The highest BCUT2D eigenvalue weighted by Gasteiger charge is 2.06. The molecule has 12 heavy (non-hydrogen) atoms. The molecule has 0 bridgehead atoms. The topological polar surface area (TPSA) is 63.2 Å². The normalized spacial score (nSPS) is 11.1. The van der Waals surface area contributed by atoms with Crippen LogP contribution >= 0.6 is 0 Å². The van der Waals surface area contributed by atoms with Crippen LogP contribution < -0.4 is 4.72 Å². The molecule has 1 amide bonds. The SMILES string of the molecule is CCCCCCS(=O)(=O)NC=O. The van der Waals surface area contributed by atoms with Crippen LogP contribution in [-0.2, 0) is 14.8 Å². The molecular weight excluding hydrogens is 178 g/mol. The Kier molecular flexibility index (Phi) is 5.70. The predicted molar refractivity (Wildman–Crippen MR) is 47.1 cm³/mol. The van der Waals surface area contributed by atoms with Gasteiger partial charge in [0.05, 0.1) is 5.75 Å². The fourth-order valence-electron chi connectivity index (χ4n) is 0.851. The van der Waals surface area contributed by atoms with Gasteiger partial charge < -0.3 is 0 Å². The molecule has 0 saturated carbocycles. The number of sulfonamides is 1. The number of rotatable bonds is 7. The Hall–Kier alpha value is -0.580. The fraction of sp³-hybridized carbons (Fsp3) is 0.857. The smallest absolute Gasteiger partial charge is 0.234 e. The van der Waals surface area contributed by atoms with Crippen LogP contribution in [0, 0.1) is 0 Å². The van der Waals surface area contributed by atoms with Crippen molar-refractivity contribution in [2.75, 3.05) is 5.75 Å². The number of unbranched alkanes of at least 4 members (excludes halogenated alkanes) is 3. The summed E-state index contributed by atoms with van der Waals surface area (Å²) < 4.78 is 23.5. The Morgan fingerprint density at radius 1 is 1.25 bits per heavy atom. The molecule has 0 aromatic heterocycles. The number of amides is 1. The average Bonchev–Trinajstić information content (AvgIpc) is 1.98. The van der Waals surface area contributed by atoms with Crippen molar-refractivity contribution in [1.29, 1.82) is 0 Å². The van der Waals surface area contributed by atoms with Crippen LogP contribution in [0.3, 0.4) is 0 Å². The Labute approximate surface area is 73.4 Å². The highest BCUT2D eigenvalue weighted by atomic mass is 32.2. The van der Waals surface area contributed by atoms with E-state index in [4.69, 9.17) is 0 Å². The van der Waals surface area contributed by atoms with Crippen molar-refractivity contribution >= 4 is 16.4 Å². The molecule has 0 aromatic rings. The van der Waals surface area contributed by atoms with E-state index in [-0.39, 0.29) is 12.2 Å². The summed E-state index contributed by atoms with van der Waals surface area (Å²) in [5.41, 5.74) is 0. The molecule has 0 saturated heterocycles. The number of carbonyl (C=O) groups excluding carboxylic acids is 1. The molecule has 0 heterocycles. The molecule has 0 radical (unpaired) electrons. The zero-order valence-electron chi connectivity index (χ0n) is 7.25. The number of carbonyl (C=O) groups is 1. The third-order valence-electron chi connectivity index (χ3n) is 1.49. The quantitative estimate of drug-likeness (QED) is 0.477. The first kappa shape index (κ1) is 11.4. The summed E-state index contributed by atoms with van der Waals surface area (Å²) in [6.45, 7) is 2.05. The Balaban J connectivity index is 3.55. The molecule has 0 rings (SSSR count). The lowest BCUT2D eigenvalue weighted by molar-refractivity contribution is -0.108. The van der Waals surface area contributed by atoms with Gasteiger partial charge in [-0.15, -0.1) is 0 Å². The van der Waals surface area contributed by atoms with Gasteiger partial charge in [-0.1, -0.05) is 26.2 Å². The molecule has 0 spiro atoms. The fourth-order valence-corrected chi connectivity index (χ4v) is 1.70. The van der Waals surface area contributed by atoms with E-state index in [0.29, 0.717) is 6.42 Å². The molecule has 0 fully saturated rings. The monoisotopic (exact) mass is 193 g/mol. The lowest BCUT2D eigenvalue weighted by Gasteiger charge is -2.00. The van der Waals surface area contributed by atoms with Gasteiger partial charge in [-0.3, -0.25) is 9.52 Å². The lowest BCUT2D eigenvalue weighted by Crippen LogP contribution is -2.24. The van der Waals surface area contributed by atoms with Crippen molar-refractivity contribution in [3.8, 4) is 0 Å². The molecular formula is C7H15NO3S. The maximum Gasteiger partial charge on any atom is 0.234 e. The summed E-state index contributed by atoms with van der Waals surface area (Å²) in [7, 11) is -3.33. The summed E-state index contributed by atoms with van der Waals surface area (Å²) in [6, 6.07) is 0. The summed E-state index contributed by atoms with van der Waals surface area (Å²) in [4.78, 5) is 9.82. The van der Waals surface area contributed by atoms with E-state index in [1.165, 1.54) is 0 Å². The summed E-state index contributed by atoms with van der Waals surface area (Å²) >= 11 is 0. The molecule has 0 atom stereocenters. The number of hydrogen-bond acceptors (Lipinski definition) is 3. The zero-order chi connectivity index (χ0) is 9.45. The first-order valence-electron chi connectivity index (χ1n) is 4.06. The Morgan fingerprint density at radius 3 is 2.42 bits per heavy atom. The van der Waals surface area contributed by atoms with E-state index >= 15 is 0 Å². The van der Waals surface area contributed by atoms with Crippen molar-refractivity contribution in [2.45, 2.75) is 32.6 Å². The van der Waals surface area contributed by atoms with Gasteiger partial charge in [-0.25, -0.2) is 8.42 Å². The predicted octanol–water partition coefficient (Wildman–Crippen LogP) is 0.643. The summed E-state index contributed by atoms with van der Waals surface area (Å²) in [6.07, 6.45) is 3.83. The van der Waals surface area contributed by atoms with Gasteiger partial charge in [0.2, 0.25) is 16.4 Å². The molecule has 5 heteroatoms. The van der Waals surface area contributed by atoms with Crippen molar-refractivity contribution in [3.05, 3.63) is 0 Å². The van der Waals surface area contributed by atoms with Gasteiger partial charge in [0, 0.05) is 0 Å². The first-order valence-corrected chi connectivity index (χ1v) is 5.71. The van der Waals surface area contributed by atoms with E-state index in [0.717, 1.165) is 19.3 Å². The van der Waals surface area contributed by atoms with Crippen LogP contribution in [0.1, 0.15) is 32.6 Å². The molecule has 72 valence electrons. The van der Waals surface area contributed by atoms with Crippen molar-refractivity contribution < 1.29 is 13.2 Å². The molecule has 4 nitrogen and oxygen atoms in total. The van der Waals surface area contributed by atoms with Gasteiger partial charge >= 0.3 is 0 Å². The van der Waals surface area contributed by atoms with E-state index < -0.39 is 10.0 Å². The lowest BCUT2D eigenvalue weighted by atomic mass is 10.2. The highest BCUT2D eigenvalue weighted by molar-refractivity contribution is 7.89. The summed E-state index contributed by atoms with van der Waals surface area (Å²) in [5, 5.41) is 0. The van der Waals surface area contributed by atoms with Crippen LogP contribution in [0.15, 0.2) is 0 Å². The van der Waals surface area contributed by atoms with E-state index in [9.17, 15) is 13.2 Å². The second-order valence-electron chi connectivity index (χ2n) is 2.62. The van der Waals surface area contributed by atoms with E-state index in [1.807, 2.05) is 0 Å². The zero-order valence-corrected chi connectivity index (χ0v) is 8.06. The highest BCUT2D eigenvalue weighted by Crippen LogP contribution is 2.00. The van der Waals surface area contributed by atoms with E-state index in [2.05, 4.69) is 6.92 Å². The van der Waals surface area contributed by atoms with Crippen LogP contribution in [0.5, 0.6) is 0 Å². The Morgan fingerprint density at radius 2 is 1.92 bits per heavy atom. The third kappa shape index (κ3) is 6.15. The first-order chi connectivity index (χ1) is 5.62. The maximum absolute atomic E-state index is 10.9. The van der Waals surface area contributed by atoms with Crippen molar-refractivity contribution in [2.24, 2.45) is 0 Å². The second-order valence-corrected chi connectivity index (χ2v) is 4.49. The van der Waals surface area contributed by atoms with Gasteiger partial charge in [0.15, 0.2) is 0 Å². The van der Waals surface area contributed by atoms with Crippen molar-refractivity contribution in [1.82, 2.24) is 4.72 Å². The third-order valence-corrected chi connectivity index (χ3v) is 2.78. The van der Waals surface area contributed by atoms with Crippen LogP contribution in [0.25, 0.3) is 0 Å². The molecule has 0 unspecified atom stereocenters. The number of hydrogen-bond donors (Lipinski definition) is 1. The van der Waals surface area contributed by atoms with Gasteiger partial charge in [-0.05, 0) is 6.42 Å². The minimum Gasteiger partial charge on any atom is -0.278 e. The Bertz CT molecular complexity index is 211. The molecule has 0 aliphatic heterocycles. The van der Waals surface area contributed by atoms with Crippen molar-refractivity contribution in [3.63, 3.8) is 0 Å². The average molecular weight is 193 g/mol. The van der Waals surface area contributed by atoms with Crippen LogP contribution in [0.4, 0.5) is 0 Å². The van der Waals surface area contributed by atoms with Gasteiger partial charge in [0.1, 0.15) is 0 Å². The van der Waals surface area contributed by atoms with Crippen LogP contribution in [0.2, 0.25) is 0 Å². The van der Waals surface area contributed by atoms with Crippen LogP contribution in [-0.4, -0.2) is 20.6 Å². The van der Waals surface area contributed by atoms with E-state index in [1.54, 1.807) is 4.72 Å². The largest absolute Gasteiger partial charge is 0.278 e. The second kappa shape index (κ2) is 5.99. The minimum atomic E-state index is -3.33. The number of nitrogens with one attached hydrogen (secondary N) is 1. The van der Waals surface area contributed by atoms with Gasteiger partial charge in [-0.2, -0.15) is 0 Å². The minimum absolute atomic E-state index is 0.0474. The maximum atomic E-state index is 10.9. The van der Waals surface area contributed by atoms with Gasteiger partial charge in [0.25, 0.3) is 0 Å². The molecule has 1 N–H and O–H groups in total. The molecule has 0 aliphatic rings.